The second kappa shape index (κ2) is 4.64. The summed E-state index contributed by atoms with van der Waals surface area (Å²) in [5.74, 6) is 0.156. The third-order valence-electron chi connectivity index (χ3n) is 1.68. The van der Waals surface area contributed by atoms with Gasteiger partial charge in [-0.05, 0) is 13.3 Å². The summed E-state index contributed by atoms with van der Waals surface area (Å²) in [6.07, 6.45) is 5.00. The average Bonchev–Trinajstić information content (AvgIpc) is 2.09. The van der Waals surface area contributed by atoms with Crippen LogP contribution in [0, 0.1) is 0 Å². The molecule has 0 amide bonds. The molecule has 0 saturated heterocycles. The normalized spacial score (nSPS) is 12.5. The lowest BCUT2D eigenvalue weighted by atomic mass is 10.2. The van der Waals surface area contributed by atoms with Gasteiger partial charge in [-0.2, -0.15) is 0 Å². The van der Waals surface area contributed by atoms with Gasteiger partial charge in [0.1, 0.15) is 0 Å². The Labute approximate surface area is 77.0 Å². The third kappa shape index (κ3) is 2.89. The number of aromatic nitrogens is 2. The highest BCUT2D eigenvalue weighted by Crippen LogP contribution is 2.03. The fourth-order valence-corrected chi connectivity index (χ4v) is 1.08. The van der Waals surface area contributed by atoms with Crippen LogP contribution in [0.5, 0.6) is 5.88 Å². The van der Waals surface area contributed by atoms with Crippen molar-refractivity contribution in [2.45, 2.75) is 32.8 Å². The van der Waals surface area contributed by atoms with E-state index in [1.54, 1.807) is 0 Å². The molecule has 1 heterocycles. The van der Waals surface area contributed by atoms with Crippen molar-refractivity contribution in [3.63, 3.8) is 0 Å². The number of nitrogens with one attached hydrogen (secondary N) is 1. The lowest BCUT2D eigenvalue weighted by molar-refractivity contribution is 0.198. The molecule has 1 N–H and O–H groups in total. The Morgan fingerprint density at radius 2 is 2.46 bits per heavy atom. The Morgan fingerprint density at radius 3 is 3.08 bits per heavy atom. The number of hydrogen-bond donors (Lipinski definition) is 1. The van der Waals surface area contributed by atoms with Gasteiger partial charge in [0, 0.05) is 12.4 Å². The minimum absolute atomic E-state index is 0.0426. The summed E-state index contributed by atoms with van der Waals surface area (Å²) in [6.45, 7) is 4.00. The first-order valence-electron chi connectivity index (χ1n) is 4.44. The van der Waals surface area contributed by atoms with Crippen molar-refractivity contribution < 1.29 is 4.74 Å². The number of rotatable bonds is 4. The van der Waals surface area contributed by atoms with E-state index < -0.39 is 0 Å². The van der Waals surface area contributed by atoms with Gasteiger partial charge in [-0.15, -0.1) is 0 Å². The monoisotopic (exact) mass is 182 g/mol. The molecule has 0 aliphatic rings. The van der Waals surface area contributed by atoms with Gasteiger partial charge >= 0.3 is 5.56 Å². The van der Waals surface area contributed by atoms with E-state index in [2.05, 4.69) is 16.9 Å². The molecule has 1 atom stereocenters. The Morgan fingerprint density at radius 1 is 1.69 bits per heavy atom. The van der Waals surface area contributed by atoms with Crippen LogP contribution in [-0.4, -0.2) is 16.1 Å². The van der Waals surface area contributed by atoms with E-state index in [0.717, 1.165) is 12.8 Å². The molecule has 0 radical (unpaired) electrons. The fourth-order valence-electron chi connectivity index (χ4n) is 1.08. The molecule has 0 aliphatic carbocycles. The third-order valence-corrected chi connectivity index (χ3v) is 1.68. The maximum absolute atomic E-state index is 11.1. The summed E-state index contributed by atoms with van der Waals surface area (Å²) in [5, 5.41) is 0. The highest BCUT2D eigenvalue weighted by molar-refractivity contribution is 5.02. The second-order valence-electron chi connectivity index (χ2n) is 2.94. The van der Waals surface area contributed by atoms with Gasteiger partial charge in [-0.3, -0.25) is 4.79 Å². The Balaban J connectivity index is 2.63. The summed E-state index contributed by atoms with van der Waals surface area (Å²) < 4.78 is 5.33. The SMILES string of the molecule is CCCC(C)Oc1ncc[nH]c1=O. The van der Waals surface area contributed by atoms with E-state index in [0.29, 0.717) is 0 Å². The highest BCUT2D eigenvalue weighted by atomic mass is 16.5. The zero-order valence-corrected chi connectivity index (χ0v) is 7.91. The van der Waals surface area contributed by atoms with E-state index in [-0.39, 0.29) is 17.5 Å². The molecule has 1 aromatic heterocycles. The van der Waals surface area contributed by atoms with Crippen LogP contribution in [0.4, 0.5) is 0 Å². The lowest BCUT2D eigenvalue weighted by Gasteiger charge is -2.10. The van der Waals surface area contributed by atoms with Gasteiger partial charge in [0.05, 0.1) is 6.10 Å². The molecular formula is C9H14N2O2. The van der Waals surface area contributed by atoms with Gasteiger partial charge in [-0.1, -0.05) is 13.3 Å². The van der Waals surface area contributed by atoms with Gasteiger partial charge < -0.3 is 9.72 Å². The summed E-state index contributed by atoms with van der Waals surface area (Å²) >= 11 is 0. The van der Waals surface area contributed by atoms with Crippen LogP contribution < -0.4 is 10.3 Å². The van der Waals surface area contributed by atoms with Crippen LogP contribution in [0.25, 0.3) is 0 Å². The highest BCUT2D eigenvalue weighted by Gasteiger charge is 2.06. The largest absolute Gasteiger partial charge is 0.471 e. The molecule has 4 nitrogen and oxygen atoms in total. The van der Waals surface area contributed by atoms with E-state index in [4.69, 9.17) is 4.74 Å². The van der Waals surface area contributed by atoms with E-state index in [1.807, 2.05) is 6.92 Å². The first-order chi connectivity index (χ1) is 6.24. The second-order valence-corrected chi connectivity index (χ2v) is 2.94. The molecule has 0 spiro atoms. The summed E-state index contributed by atoms with van der Waals surface area (Å²) in [6, 6.07) is 0. The van der Waals surface area contributed by atoms with Crippen molar-refractivity contribution in [2.24, 2.45) is 0 Å². The lowest BCUT2D eigenvalue weighted by Crippen LogP contribution is -2.19. The smallest absolute Gasteiger partial charge is 0.310 e. The van der Waals surface area contributed by atoms with Crippen LogP contribution in [0.15, 0.2) is 17.2 Å². The first kappa shape index (κ1) is 9.77. The van der Waals surface area contributed by atoms with E-state index in [9.17, 15) is 4.79 Å². The molecule has 0 bridgehead atoms. The fraction of sp³-hybridized carbons (Fsp3) is 0.556. The summed E-state index contributed by atoms with van der Waals surface area (Å²) in [7, 11) is 0. The average molecular weight is 182 g/mol. The van der Waals surface area contributed by atoms with Crippen LogP contribution >= 0.6 is 0 Å². The Kier molecular flexibility index (Phi) is 3.49. The first-order valence-corrected chi connectivity index (χ1v) is 4.44. The molecule has 0 aliphatic heterocycles. The standard InChI is InChI=1S/C9H14N2O2/c1-3-4-7(2)13-9-8(12)10-5-6-11-9/h5-7H,3-4H2,1-2H3,(H,10,12). The Hall–Kier alpha value is -1.32. The van der Waals surface area contributed by atoms with Crippen LogP contribution in [-0.2, 0) is 0 Å². The van der Waals surface area contributed by atoms with Crippen LogP contribution in [0.1, 0.15) is 26.7 Å². The zero-order valence-electron chi connectivity index (χ0n) is 7.91. The van der Waals surface area contributed by atoms with Gasteiger partial charge in [0.15, 0.2) is 0 Å². The maximum Gasteiger partial charge on any atom is 0.310 e. The van der Waals surface area contributed by atoms with Gasteiger partial charge in [0.25, 0.3) is 5.88 Å². The van der Waals surface area contributed by atoms with Crippen molar-refractivity contribution in [1.29, 1.82) is 0 Å². The minimum Gasteiger partial charge on any atom is -0.471 e. The topological polar surface area (TPSA) is 55.0 Å². The van der Waals surface area contributed by atoms with Crippen molar-refractivity contribution >= 4 is 0 Å². The van der Waals surface area contributed by atoms with Gasteiger partial charge in [0.2, 0.25) is 0 Å². The molecule has 1 aromatic rings. The number of H-pyrrole nitrogens is 1. The van der Waals surface area contributed by atoms with E-state index in [1.165, 1.54) is 12.4 Å². The maximum atomic E-state index is 11.1. The summed E-state index contributed by atoms with van der Waals surface area (Å²) in [5.41, 5.74) is -0.273. The van der Waals surface area contributed by atoms with Crippen molar-refractivity contribution in [2.75, 3.05) is 0 Å². The molecule has 4 heteroatoms. The molecule has 0 fully saturated rings. The number of ether oxygens (including phenoxy) is 1. The molecular weight excluding hydrogens is 168 g/mol. The van der Waals surface area contributed by atoms with Crippen molar-refractivity contribution in [3.8, 4) is 5.88 Å². The van der Waals surface area contributed by atoms with Crippen molar-refractivity contribution in [3.05, 3.63) is 22.7 Å². The number of hydrogen-bond acceptors (Lipinski definition) is 3. The number of nitrogens with zero attached hydrogens (tertiary/aromatic N) is 1. The molecule has 0 aromatic carbocycles. The van der Waals surface area contributed by atoms with Gasteiger partial charge in [-0.25, -0.2) is 4.98 Å². The van der Waals surface area contributed by atoms with E-state index >= 15 is 0 Å². The molecule has 72 valence electrons. The Bertz CT molecular complexity index is 308. The summed E-state index contributed by atoms with van der Waals surface area (Å²) in [4.78, 5) is 17.5. The van der Waals surface area contributed by atoms with Crippen LogP contribution in [0.3, 0.4) is 0 Å². The predicted molar refractivity (Wildman–Crippen MR) is 49.9 cm³/mol. The molecule has 13 heavy (non-hydrogen) atoms. The predicted octanol–water partition coefficient (Wildman–Crippen LogP) is 1.34. The minimum atomic E-state index is -0.273. The number of aromatic amines is 1. The molecule has 0 saturated carbocycles. The zero-order chi connectivity index (χ0) is 9.68. The van der Waals surface area contributed by atoms with Crippen molar-refractivity contribution in [1.82, 2.24) is 9.97 Å². The molecule has 1 unspecified atom stereocenters. The molecule has 1 rings (SSSR count). The van der Waals surface area contributed by atoms with Crippen LogP contribution in [0.2, 0.25) is 0 Å². The quantitative estimate of drug-likeness (QED) is 0.764.